The van der Waals surface area contributed by atoms with Gasteiger partial charge in [-0.05, 0) is 38.0 Å². The van der Waals surface area contributed by atoms with Crippen LogP contribution in [-0.4, -0.2) is 12.1 Å². The van der Waals surface area contributed by atoms with E-state index in [0.29, 0.717) is 13.0 Å². The molecule has 1 aliphatic heterocycles. The third kappa shape index (κ3) is 2.12. The number of benzene rings is 1. The molecule has 0 amide bonds. The minimum absolute atomic E-state index is 0.169. The summed E-state index contributed by atoms with van der Waals surface area (Å²) >= 11 is 0. The van der Waals surface area contributed by atoms with Crippen molar-refractivity contribution < 1.29 is 9.13 Å². The first-order valence-electron chi connectivity index (χ1n) is 5.19. The lowest BCUT2D eigenvalue weighted by molar-refractivity contribution is 0.356. The molecular weight excluding hydrogens is 193 g/mol. The van der Waals surface area contributed by atoms with Gasteiger partial charge in [0.05, 0.1) is 6.61 Å². The molecule has 0 aromatic heterocycles. The van der Waals surface area contributed by atoms with Crippen molar-refractivity contribution >= 4 is 0 Å². The summed E-state index contributed by atoms with van der Waals surface area (Å²) in [6.07, 6.45) is 1.34. The van der Waals surface area contributed by atoms with Crippen molar-refractivity contribution in [2.45, 2.75) is 32.2 Å². The maximum Gasteiger partial charge on any atom is 0.127 e. The lowest BCUT2D eigenvalue weighted by atomic mass is 9.91. The quantitative estimate of drug-likeness (QED) is 0.809. The second kappa shape index (κ2) is 3.49. The van der Waals surface area contributed by atoms with Gasteiger partial charge in [0, 0.05) is 17.5 Å². The fraction of sp³-hybridized carbons (Fsp3) is 0.500. The number of ether oxygens (including phenoxy) is 1. The molecular formula is C12H16FNO. The minimum atomic E-state index is -0.390. The Morgan fingerprint density at radius 1 is 1.47 bits per heavy atom. The third-order valence-electron chi connectivity index (χ3n) is 2.57. The summed E-state index contributed by atoms with van der Waals surface area (Å²) in [4.78, 5) is 0. The van der Waals surface area contributed by atoms with Crippen LogP contribution in [0.5, 0.6) is 5.75 Å². The topological polar surface area (TPSA) is 35.2 Å². The Hall–Kier alpha value is -1.09. The van der Waals surface area contributed by atoms with Crippen molar-refractivity contribution in [3.63, 3.8) is 0 Å². The molecule has 2 N–H and O–H groups in total. The Morgan fingerprint density at radius 2 is 2.20 bits per heavy atom. The molecule has 1 aromatic carbocycles. The SMILES string of the molecule is CC(C)(N)Cc1c(F)ccc2c1CCO2. The van der Waals surface area contributed by atoms with Crippen molar-refractivity contribution in [2.24, 2.45) is 5.73 Å². The standard InChI is InChI=1S/C12H16FNO/c1-12(2,14)7-9-8-5-6-15-11(8)4-3-10(9)13/h3-4H,5-7,14H2,1-2H3. The van der Waals surface area contributed by atoms with E-state index in [2.05, 4.69) is 0 Å². The number of hydrogen-bond acceptors (Lipinski definition) is 2. The van der Waals surface area contributed by atoms with Crippen molar-refractivity contribution in [1.29, 1.82) is 0 Å². The Kier molecular flexibility index (Phi) is 2.43. The van der Waals surface area contributed by atoms with Crippen LogP contribution in [0.4, 0.5) is 4.39 Å². The molecule has 1 aliphatic rings. The zero-order valence-electron chi connectivity index (χ0n) is 9.14. The van der Waals surface area contributed by atoms with E-state index in [-0.39, 0.29) is 5.82 Å². The second-order valence-electron chi connectivity index (χ2n) is 4.77. The summed E-state index contributed by atoms with van der Waals surface area (Å²) in [7, 11) is 0. The Bertz CT molecular complexity index is 382. The molecule has 2 rings (SSSR count). The zero-order chi connectivity index (χ0) is 11.1. The maximum atomic E-state index is 13.7. The normalized spacial score (nSPS) is 14.9. The molecule has 2 nitrogen and oxygen atoms in total. The van der Waals surface area contributed by atoms with E-state index < -0.39 is 5.54 Å². The van der Waals surface area contributed by atoms with E-state index in [4.69, 9.17) is 10.5 Å². The van der Waals surface area contributed by atoms with Gasteiger partial charge in [0.25, 0.3) is 0 Å². The Morgan fingerprint density at radius 3 is 2.87 bits per heavy atom. The van der Waals surface area contributed by atoms with E-state index in [1.807, 2.05) is 13.8 Å². The molecule has 1 heterocycles. The molecule has 0 atom stereocenters. The van der Waals surface area contributed by atoms with Crippen molar-refractivity contribution in [1.82, 2.24) is 0 Å². The zero-order valence-corrected chi connectivity index (χ0v) is 9.14. The van der Waals surface area contributed by atoms with Gasteiger partial charge in [-0.1, -0.05) is 0 Å². The summed E-state index contributed by atoms with van der Waals surface area (Å²) in [6, 6.07) is 3.16. The highest BCUT2D eigenvalue weighted by Gasteiger charge is 2.23. The molecule has 0 unspecified atom stereocenters. The van der Waals surface area contributed by atoms with Gasteiger partial charge in [-0.2, -0.15) is 0 Å². The van der Waals surface area contributed by atoms with E-state index in [1.165, 1.54) is 6.07 Å². The molecule has 0 saturated heterocycles. The molecule has 15 heavy (non-hydrogen) atoms. The summed E-state index contributed by atoms with van der Waals surface area (Å²) in [6.45, 7) is 4.46. The van der Waals surface area contributed by atoms with Crippen LogP contribution in [0, 0.1) is 5.82 Å². The fourth-order valence-electron chi connectivity index (χ4n) is 1.96. The molecule has 0 radical (unpaired) electrons. The predicted octanol–water partition coefficient (Wildman–Crippen LogP) is 2.04. The van der Waals surface area contributed by atoms with E-state index in [1.54, 1.807) is 6.07 Å². The van der Waals surface area contributed by atoms with Gasteiger partial charge in [0.15, 0.2) is 0 Å². The van der Waals surface area contributed by atoms with Gasteiger partial charge in [0.1, 0.15) is 11.6 Å². The number of rotatable bonds is 2. The predicted molar refractivity (Wildman–Crippen MR) is 57.6 cm³/mol. The van der Waals surface area contributed by atoms with Crippen LogP contribution < -0.4 is 10.5 Å². The van der Waals surface area contributed by atoms with Crippen LogP contribution >= 0.6 is 0 Å². The van der Waals surface area contributed by atoms with Gasteiger partial charge in [0.2, 0.25) is 0 Å². The van der Waals surface area contributed by atoms with Crippen LogP contribution in [0.3, 0.4) is 0 Å². The highest BCUT2D eigenvalue weighted by molar-refractivity contribution is 5.44. The first-order valence-corrected chi connectivity index (χ1v) is 5.19. The Balaban J connectivity index is 2.41. The van der Waals surface area contributed by atoms with Gasteiger partial charge in [-0.3, -0.25) is 0 Å². The van der Waals surface area contributed by atoms with Crippen LogP contribution in [0.15, 0.2) is 12.1 Å². The smallest absolute Gasteiger partial charge is 0.127 e. The van der Waals surface area contributed by atoms with Gasteiger partial charge in [-0.15, -0.1) is 0 Å². The van der Waals surface area contributed by atoms with Crippen molar-refractivity contribution in [3.8, 4) is 5.75 Å². The monoisotopic (exact) mass is 209 g/mol. The average Bonchev–Trinajstić information content (AvgIpc) is 2.56. The third-order valence-corrected chi connectivity index (χ3v) is 2.57. The number of hydrogen-bond donors (Lipinski definition) is 1. The second-order valence-corrected chi connectivity index (χ2v) is 4.77. The highest BCUT2D eigenvalue weighted by Crippen LogP contribution is 2.31. The lowest BCUT2D eigenvalue weighted by Crippen LogP contribution is -2.35. The molecule has 0 bridgehead atoms. The number of halogens is 1. The number of nitrogens with two attached hydrogens (primary N) is 1. The highest BCUT2D eigenvalue weighted by atomic mass is 19.1. The largest absolute Gasteiger partial charge is 0.493 e. The molecule has 0 saturated carbocycles. The number of fused-ring (bicyclic) bond motifs is 1. The van der Waals surface area contributed by atoms with E-state index in [9.17, 15) is 4.39 Å². The van der Waals surface area contributed by atoms with E-state index in [0.717, 1.165) is 23.3 Å². The molecule has 0 aliphatic carbocycles. The van der Waals surface area contributed by atoms with Crippen LogP contribution in [-0.2, 0) is 12.8 Å². The Labute approximate surface area is 89.2 Å². The molecule has 3 heteroatoms. The minimum Gasteiger partial charge on any atom is -0.493 e. The van der Waals surface area contributed by atoms with Crippen LogP contribution in [0.25, 0.3) is 0 Å². The van der Waals surface area contributed by atoms with Crippen molar-refractivity contribution in [2.75, 3.05) is 6.61 Å². The van der Waals surface area contributed by atoms with Gasteiger partial charge in [-0.25, -0.2) is 4.39 Å². The average molecular weight is 209 g/mol. The first kappa shape index (κ1) is 10.4. The summed E-state index contributed by atoms with van der Waals surface area (Å²) in [5.41, 5.74) is 7.25. The van der Waals surface area contributed by atoms with Crippen molar-refractivity contribution in [3.05, 3.63) is 29.1 Å². The first-order chi connectivity index (χ1) is 6.97. The summed E-state index contributed by atoms with van der Waals surface area (Å²) in [5, 5.41) is 0. The molecule has 1 aromatic rings. The van der Waals surface area contributed by atoms with Crippen LogP contribution in [0.2, 0.25) is 0 Å². The summed E-state index contributed by atoms with van der Waals surface area (Å²) < 4.78 is 19.1. The van der Waals surface area contributed by atoms with Gasteiger partial charge >= 0.3 is 0 Å². The van der Waals surface area contributed by atoms with Gasteiger partial charge < -0.3 is 10.5 Å². The van der Waals surface area contributed by atoms with Crippen LogP contribution in [0.1, 0.15) is 25.0 Å². The van der Waals surface area contributed by atoms with E-state index >= 15 is 0 Å². The maximum absolute atomic E-state index is 13.7. The fourth-order valence-corrected chi connectivity index (χ4v) is 1.96. The molecule has 0 fully saturated rings. The lowest BCUT2D eigenvalue weighted by Gasteiger charge is -2.20. The molecule has 82 valence electrons. The summed E-state index contributed by atoms with van der Waals surface area (Å²) in [5.74, 6) is 0.647. The molecule has 0 spiro atoms.